The lowest BCUT2D eigenvalue weighted by atomic mass is 10.1. The van der Waals surface area contributed by atoms with Crippen molar-refractivity contribution >= 4 is 33.9 Å². The van der Waals surface area contributed by atoms with Crippen LogP contribution in [0.25, 0.3) is 10.9 Å². The van der Waals surface area contributed by atoms with Gasteiger partial charge in [-0.25, -0.2) is 9.59 Å². The normalized spacial score (nSPS) is 10.5. The lowest BCUT2D eigenvalue weighted by molar-refractivity contribution is 0.0736. The fraction of sp³-hybridized carbons (Fsp3) is 0.0588. The largest absolute Gasteiger partial charge is 0.423 e. The van der Waals surface area contributed by atoms with Crippen molar-refractivity contribution in [3.63, 3.8) is 0 Å². The molecule has 0 atom stereocenters. The topological polar surface area (TPSA) is 68.4 Å². The summed E-state index contributed by atoms with van der Waals surface area (Å²) in [5.74, 6) is 0.217. The van der Waals surface area contributed by atoms with Crippen molar-refractivity contribution < 1.29 is 19.1 Å². The fourth-order valence-electron chi connectivity index (χ4n) is 2.37. The summed E-state index contributed by atoms with van der Waals surface area (Å²) in [4.78, 5) is 26.4. The van der Waals surface area contributed by atoms with Crippen LogP contribution in [0.2, 0.25) is 0 Å². The van der Waals surface area contributed by atoms with Crippen LogP contribution in [-0.2, 0) is 0 Å². The van der Waals surface area contributed by atoms with Crippen LogP contribution in [0.3, 0.4) is 0 Å². The molecule has 0 aliphatic heterocycles. The first-order valence-electron chi connectivity index (χ1n) is 6.81. The molecule has 2 aromatic carbocycles. The van der Waals surface area contributed by atoms with E-state index in [1.807, 2.05) is 6.07 Å². The van der Waals surface area contributed by atoms with Crippen molar-refractivity contribution in [3.8, 4) is 11.5 Å². The standard InChI is InChI=1S/C17H12ClNO4/c1-10-15(16(20)22-11-5-3-2-4-6-11)13-9-12(23-17(18)21)7-8-14(13)19-10/h2-9,19H,1H3. The van der Waals surface area contributed by atoms with Crippen LogP contribution in [0.1, 0.15) is 16.1 Å². The number of rotatable bonds is 3. The third-order valence-corrected chi connectivity index (χ3v) is 3.39. The number of para-hydroxylation sites is 1. The van der Waals surface area contributed by atoms with Gasteiger partial charge < -0.3 is 14.5 Å². The molecule has 0 spiro atoms. The molecule has 1 aromatic heterocycles. The van der Waals surface area contributed by atoms with Gasteiger partial charge in [-0.2, -0.15) is 0 Å². The molecule has 0 saturated carbocycles. The summed E-state index contributed by atoms with van der Waals surface area (Å²) >= 11 is 5.22. The third kappa shape index (κ3) is 3.19. The zero-order chi connectivity index (χ0) is 16.4. The molecule has 1 N–H and O–H groups in total. The van der Waals surface area contributed by atoms with Gasteiger partial charge >= 0.3 is 11.4 Å². The summed E-state index contributed by atoms with van der Waals surface area (Å²) in [6, 6.07) is 13.7. The van der Waals surface area contributed by atoms with E-state index in [9.17, 15) is 9.59 Å². The Labute approximate surface area is 136 Å². The van der Waals surface area contributed by atoms with E-state index >= 15 is 0 Å². The molecule has 0 saturated heterocycles. The predicted octanol–water partition coefficient (Wildman–Crippen LogP) is 4.43. The maximum absolute atomic E-state index is 12.5. The second-order valence-corrected chi connectivity index (χ2v) is 5.18. The second kappa shape index (κ2) is 6.14. The number of benzene rings is 2. The molecule has 0 bridgehead atoms. The van der Waals surface area contributed by atoms with Gasteiger partial charge in [0, 0.05) is 28.2 Å². The lowest BCUT2D eigenvalue weighted by Gasteiger charge is -2.05. The minimum absolute atomic E-state index is 0.255. The highest BCUT2D eigenvalue weighted by atomic mass is 35.5. The number of hydrogen-bond donors (Lipinski definition) is 1. The van der Waals surface area contributed by atoms with Crippen molar-refractivity contribution in [3.05, 3.63) is 59.8 Å². The molecule has 0 radical (unpaired) electrons. The highest BCUT2D eigenvalue weighted by Crippen LogP contribution is 2.28. The van der Waals surface area contributed by atoms with Crippen LogP contribution in [0.15, 0.2) is 48.5 Å². The zero-order valence-electron chi connectivity index (χ0n) is 12.1. The Hall–Kier alpha value is -2.79. The van der Waals surface area contributed by atoms with Gasteiger partial charge in [0.15, 0.2) is 0 Å². The first-order chi connectivity index (χ1) is 11.0. The van der Waals surface area contributed by atoms with Crippen LogP contribution in [0.4, 0.5) is 4.79 Å². The number of ether oxygens (including phenoxy) is 2. The maximum Gasteiger partial charge on any atom is 0.409 e. The Morgan fingerprint density at radius 2 is 1.74 bits per heavy atom. The van der Waals surface area contributed by atoms with Gasteiger partial charge in [0.2, 0.25) is 0 Å². The molecule has 3 aromatic rings. The number of aromatic amines is 1. The fourth-order valence-corrected chi connectivity index (χ4v) is 2.46. The van der Waals surface area contributed by atoms with E-state index in [2.05, 4.69) is 4.98 Å². The van der Waals surface area contributed by atoms with Crippen molar-refractivity contribution in [2.45, 2.75) is 6.92 Å². The van der Waals surface area contributed by atoms with Crippen LogP contribution in [0.5, 0.6) is 11.5 Å². The zero-order valence-corrected chi connectivity index (χ0v) is 12.9. The smallest absolute Gasteiger partial charge is 0.409 e. The van der Waals surface area contributed by atoms with E-state index in [1.165, 1.54) is 0 Å². The summed E-state index contributed by atoms with van der Waals surface area (Å²) in [7, 11) is 0. The maximum atomic E-state index is 12.5. The Kier molecular flexibility index (Phi) is 4.04. The van der Waals surface area contributed by atoms with Crippen LogP contribution < -0.4 is 9.47 Å². The summed E-state index contributed by atoms with van der Waals surface area (Å²) < 4.78 is 10.2. The number of hydrogen-bond acceptors (Lipinski definition) is 4. The van der Waals surface area contributed by atoms with E-state index in [0.717, 1.165) is 5.52 Å². The first kappa shape index (κ1) is 15.1. The second-order valence-electron chi connectivity index (χ2n) is 4.87. The third-order valence-electron chi connectivity index (χ3n) is 3.31. The minimum atomic E-state index is -0.940. The Morgan fingerprint density at radius 1 is 1.00 bits per heavy atom. The van der Waals surface area contributed by atoms with E-state index < -0.39 is 11.4 Å². The molecule has 116 valence electrons. The number of carbonyl (C=O) groups is 2. The van der Waals surface area contributed by atoms with Gasteiger partial charge in [-0.05, 0) is 37.3 Å². The number of nitrogens with one attached hydrogen (secondary N) is 1. The van der Waals surface area contributed by atoms with Crippen molar-refractivity contribution in [1.82, 2.24) is 4.98 Å². The molecule has 0 amide bonds. The molecule has 5 nitrogen and oxygen atoms in total. The number of H-pyrrole nitrogens is 1. The van der Waals surface area contributed by atoms with Gasteiger partial charge in [0.05, 0.1) is 5.56 Å². The monoisotopic (exact) mass is 329 g/mol. The van der Waals surface area contributed by atoms with Gasteiger partial charge in [-0.15, -0.1) is 0 Å². The molecule has 1 heterocycles. The number of halogens is 1. The van der Waals surface area contributed by atoms with Crippen LogP contribution in [0, 0.1) is 6.92 Å². The number of aryl methyl sites for hydroxylation is 1. The summed E-state index contributed by atoms with van der Waals surface area (Å²) in [6.07, 6.45) is 0. The quantitative estimate of drug-likeness (QED) is 0.438. The van der Waals surface area contributed by atoms with E-state index in [1.54, 1.807) is 49.4 Å². The SMILES string of the molecule is Cc1[nH]c2ccc(OC(=O)Cl)cc2c1C(=O)Oc1ccccc1. The van der Waals surface area contributed by atoms with Gasteiger partial charge in [0.25, 0.3) is 0 Å². The van der Waals surface area contributed by atoms with Crippen molar-refractivity contribution in [2.75, 3.05) is 0 Å². The summed E-state index contributed by atoms with van der Waals surface area (Å²) in [5.41, 5.74) is 0.841. The minimum Gasteiger partial charge on any atom is -0.423 e. The van der Waals surface area contributed by atoms with Gasteiger partial charge in [0.1, 0.15) is 11.5 Å². The summed E-state index contributed by atoms with van der Waals surface area (Å²) in [6.45, 7) is 1.77. The molecule has 3 rings (SSSR count). The highest BCUT2D eigenvalue weighted by Gasteiger charge is 2.19. The van der Waals surface area contributed by atoms with Gasteiger partial charge in [-0.3, -0.25) is 0 Å². The van der Waals surface area contributed by atoms with Crippen molar-refractivity contribution in [1.29, 1.82) is 0 Å². The number of fused-ring (bicyclic) bond motifs is 1. The molecule has 0 unspecified atom stereocenters. The van der Waals surface area contributed by atoms with Gasteiger partial charge in [-0.1, -0.05) is 18.2 Å². The average Bonchev–Trinajstić information content (AvgIpc) is 2.83. The molecule has 0 aliphatic rings. The first-order valence-corrected chi connectivity index (χ1v) is 7.19. The molecular weight excluding hydrogens is 318 g/mol. The number of esters is 1. The lowest BCUT2D eigenvalue weighted by Crippen LogP contribution is -2.09. The number of carbonyl (C=O) groups excluding carboxylic acids is 2. The predicted molar refractivity (Wildman–Crippen MR) is 86.3 cm³/mol. The molecule has 6 heteroatoms. The Bertz CT molecular complexity index is 886. The molecule has 0 fully saturated rings. The van der Waals surface area contributed by atoms with E-state index in [-0.39, 0.29) is 5.75 Å². The van der Waals surface area contributed by atoms with Crippen LogP contribution >= 0.6 is 11.6 Å². The summed E-state index contributed by atoms with van der Waals surface area (Å²) in [5, 5.41) is 0.596. The van der Waals surface area contributed by atoms with E-state index in [4.69, 9.17) is 21.1 Å². The molecular formula is C17H12ClNO4. The van der Waals surface area contributed by atoms with Crippen molar-refractivity contribution in [2.24, 2.45) is 0 Å². The Balaban J connectivity index is 2.00. The Morgan fingerprint density at radius 3 is 2.43 bits per heavy atom. The average molecular weight is 330 g/mol. The molecule has 0 aliphatic carbocycles. The van der Waals surface area contributed by atoms with E-state index in [0.29, 0.717) is 22.4 Å². The number of aromatic nitrogens is 1. The highest BCUT2D eigenvalue weighted by molar-refractivity contribution is 6.61. The van der Waals surface area contributed by atoms with Crippen LogP contribution in [-0.4, -0.2) is 16.4 Å². The molecule has 23 heavy (non-hydrogen) atoms.